The van der Waals surface area contributed by atoms with Crippen molar-refractivity contribution in [3.63, 3.8) is 0 Å². The van der Waals surface area contributed by atoms with Crippen molar-refractivity contribution in [3.8, 4) is 0 Å². The molecule has 1 aliphatic rings. The monoisotopic (exact) mass is 318 g/mol. The molecule has 1 heterocycles. The minimum absolute atomic E-state index is 0.0294. The Morgan fingerprint density at radius 1 is 1.35 bits per heavy atom. The molecule has 2 rings (SSSR count). The molecule has 1 aliphatic heterocycles. The smallest absolute Gasteiger partial charge is 0.308 e. The van der Waals surface area contributed by atoms with E-state index in [9.17, 15) is 14.4 Å². The average molecular weight is 318 g/mol. The van der Waals surface area contributed by atoms with Crippen LogP contribution in [0, 0.1) is 25.7 Å². The third-order valence-electron chi connectivity index (χ3n) is 4.33. The van der Waals surface area contributed by atoms with Crippen molar-refractivity contribution in [2.45, 2.75) is 27.2 Å². The molecule has 1 fully saturated rings. The van der Waals surface area contributed by atoms with Crippen LogP contribution in [0.2, 0.25) is 0 Å². The number of carboxylic acid groups (broad SMARTS) is 1. The molecule has 0 aromatic heterocycles. The average Bonchev–Trinajstić information content (AvgIpc) is 2.89. The Morgan fingerprint density at radius 3 is 2.65 bits per heavy atom. The van der Waals surface area contributed by atoms with Gasteiger partial charge in [0.25, 0.3) is 0 Å². The Labute approximate surface area is 135 Å². The van der Waals surface area contributed by atoms with Crippen LogP contribution in [0.3, 0.4) is 0 Å². The van der Waals surface area contributed by atoms with Crippen LogP contribution < -0.4 is 10.2 Å². The maximum Gasteiger partial charge on any atom is 0.308 e. The first-order chi connectivity index (χ1) is 10.8. The molecule has 0 spiro atoms. The van der Waals surface area contributed by atoms with Gasteiger partial charge in [-0.05, 0) is 43.5 Å². The lowest BCUT2D eigenvalue weighted by Gasteiger charge is -2.18. The quantitative estimate of drug-likeness (QED) is 0.805. The Hall–Kier alpha value is -2.37. The normalized spacial score (nSPS) is 18.8. The molecule has 1 saturated heterocycles. The van der Waals surface area contributed by atoms with Crippen LogP contribution in [0.25, 0.3) is 0 Å². The highest BCUT2D eigenvalue weighted by Crippen LogP contribution is 2.27. The van der Waals surface area contributed by atoms with Gasteiger partial charge in [0.2, 0.25) is 11.8 Å². The Bertz CT molecular complexity index is 641. The van der Waals surface area contributed by atoms with Gasteiger partial charge in [-0.2, -0.15) is 0 Å². The molecule has 124 valence electrons. The van der Waals surface area contributed by atoms with Gasteiger partial charge in [0.15, 0.2) is 0 Å². The number of carboxylic acids is 1. The fraction of sp³-hybridized carbons (Fsp3) is 0.471. The molecule has 0 radical (unpaired) electrons. The zero-order valence-electron chi connectivity index (χ0n) is 13.6. The zero-order valence-corrected chi connectivity index (χ0v) is 13.6. The van der Waals surface area contributed by atoms with Gasteiger partial charge >= 0.3 is 5.97 Å². The summed E-state index contributed by atoms with van der Waals surface area (Å²) in [5.74, 6) is -3.01. The molecule has 23 heavy (non-hydrogen) atoms. The highest BCUT2D eigenvalue weighted by atomic mass is 16.4. The second-order valence-electron chi connectivity index (χ2n) is 6.08. The molecule has 6 nitrogen and oxygen atoms in total. The second-order valence-corrected chi connectivity index (χ2v) is 6.08. The van der Waals surface area contributed by atoms with Crippen LogP contribution in [0.4, 0.5) is 5.69 Å². The van der Waals surface area contributed by atoms with E-state index in [4.69, 9.17) is 5.11 Å². The fourth-order valence-electron chi connectivity index (χ4n) is 2.54. The maximum absolute atomic E-state index is 12.5. The standard InChI is InChI=1S/C17H22N2O4/c1-10-4-5-13(8-11(10)2)19-7-6-14(16(19)21)15(20)18-9-12(3)17(22)23/h4-5,8,12,14H,6-7,9H2,1-3H3,(H,18,20)(H,22,23)/t12-,14+/m1/s1. The van der Waals surface area contributed by atoms with Crippen molar-refractivity contribution < 1.29 is 19.5 Å². The van der Waals surface area contributed by atoms with Crippen LogP contribution in [-0.4, -0.2) is 36.0 Å². The number of carbonyl (C=O) groups excluding carboxylic acids is 2. The minimum Gasteiger partial charge on any atom is -0.481 e. The second kappa shape index (κ2) is 6.81. The molecule has 2 N–H and O–H groups in total. The van der Waals surface area contributed by atoms with Gasteiger partial charge in [-0.25, -0.2) is 0 Å². The first-order valence-electron chi connectivity index (χ1n) is 7.70. The number of rotatable bonds is 5. The SMILES string of the molecule is Cc1ccc(N2CC[C@@H](C(=O)NC[C@@H](C)C(=O)O)C2=O)cc1C. The van der Waals surface area contributed by atoms with Gasteiger partial charge in [-0.3, -0.25) is 14.4 Å². The number of carbonyl (C=O) groups is 3. The number of nitrogens with one attached hydrogen (secondary N) is 1. The molecule has 6 heteroatoms. The lowest BCUT2D eigenvalue weighted by molar-refractivity contribution is -0.141. The van der Waals surface area contributed by atoms with E-state index in [0.29, 0.717) is 13.0 Å². The first-order valence-corrected chi connectivity index (χ1v) is 7.70. The van der Waals surface area contributed by atoms with Crippen molar-refractivity contribution in [3.05, 3.63) is 29.3 Å². The molecule has 2 amide bonds. The van der Waals surface area contributed by atoms with Gasteiger partial charge in [0, 0.05) is 18.8 Å². The zero-order chi connectivity index (χ0) is 17.1. The van der Waals surface area contributed by atoms with E-state index in [1.807, 2.05) is 32.0 Å². The predicted molar refractivity (Wildman–Crippen MR) is 86.2 cm³/mol. The Morgan fingerprint density at radius 2 is 2.04 bits per heavy atom. The number of hydrogen-bond acceptors (Lipinski definition) is 3. The van der Waals surface area contributed by atoms with Crippen molar-refractivity contribution in [1.82, 2.24) is 5.32 Å². The van der Waals surface area contributed by atoms with Gasteiger partial charge < -0.3 is 15.3 Å². The van der Waals surface area contributed by atoms with Crippen LogP contribution in [-0.2, 0) is 14.4 Å². The highest BCUT2D eigenvalue weighted by Gasteiger charge is 2.37. The van der Waals surface area contributed by atoms with E-state index < -0.39 is 23.7 Å². The molecule has 1 aromatic rings. The number of benzene rings is 1. The van der Waals surface area contributed by atoms with Gasteiger partial charge in [-0.1, -0.05) is 13.0 Å². The number of aryl methyl sites for hydroxylation is 2. The summed E-state index contributed by atoms with van der Waals surface area (Å²) < 4.78 is 0. The Balaban J connectivity index is 2.02. The Kier molecular flexibility index (Phi) is 5.03. The van der Waals surface area contributed by atoms with Crippen LogP contribution >= 0.6 is 0 Å². The highest BCUT2D eigenvalue weighted by molar-refractivity contribution is 6.09. The number of amides is 2. The molecular weight excluding hydrogens is 296 g/mol. The molecule has 1 aromatic carbocycles. The summed E-state index contributed by atoms with van der Waals surface area (Å²) in [7, 11) is 0. The molecule has 0 unspecified atom stereocenters. The summed E-state index contributed by atoms with van der Waals surface area (Å²) >= 11 is 0. The van der Waals surface area contributed by atoms with E-state index in [-0.39, 0.29) is 12.5 Å². The largest absolute Gasteiger partial charge is 0.481 e. The lowest BCUT2D eigenvalue weighted by atomic mass is 10.1. The topological polar surface area (TPSA) is 86.7 Å². The summed E-state index contributed by atoms with van der Waals surface area (Å²) in [5, 5.41) is 11.4. The summed E-state index contributed by atoms with van der Waals surface area (Å²) in [6.07, 6.45) is 0.443. The molecule has 0 saturated carbocycles. The van der Waals surface area contributed by atoms with Gasteiger partial charge in [0.1, 0.15) is 5.92 Å². The molecule has 0 aliphatic carbocycles. The third-order valence-corrected chi connectivity index (χ3v) is 4.33. The number of hydrogen-bond donors (Lipinski definition) is 2. The van der Waals surface area contributed by atoms with Crippen LogP contribution in [0.1, 0.15) is 24.5 Å². The number of anilines is 1. The van der Waals surface area contributed by atoms with E-state index in [2.05, 4.69) is 5.32 Å². The molecular formula is C17H22N2O4. The van der Waals surface area contributed by atoms with Crippen molar-refractivity contribution in [2.24, 2.45) is 11.8 Å². The predicted octanol–water partition coefficient (Wildman–Crippen LogP) is 1.49. The molecule has 0 bridgehead atoms. The minimum atomic E-state index is -0.972. The van der Waals surface area contributed by atoms with E-state index >= 15 is 0 Å². The molecule has 2 atom stereocenters. The van der Waals surface area contributed by atoms with Crippen molar-refractivity contribution in [2.75, 3.05) is 18.0 Å². The number of nitrogens with zero attached hydrogens (tertiary/aromatic N) is 1. The maximum atomic E-state index is 12.5. The summed E-state index contributed by atoms with van der Waals surface area (Å²) in [6, 6.07) is 5.78. The van der Waals surface area contributed by atoms with Crippen LogP contribution in [0.15, 0.2) is 18.2 Å². The first kappa shape index (κ1) is 17.0. The van der Waals surface area contributed by atoms with Gasteiger partial charge in [0.05, 0.1) is 5.92 Å². The van der Waals surface area contributed by atoms with E-state index in [1.165, 1.54) is 6.92 Å². The van der Waals surface area contributed by atoms with Crippen molar-refractivity contribution in [1.29, 1.82) is 0 Å². The van der Waals surface area contributed by atoms with E-state index in [1.54, 1.807) is 4.90 Å². The third kappa shape index (κ3) is 3.70. The summed E-state index contributed by atoms with van der Waals surface area (Å²) in [4.78, 5) is 37.0. The van der Waals surface area contributed by atoms with E-state index in [0.717, 1.165) is 16.8 Å². The van der Waals surface area contributed by atoms with Crippen molar-refractivity contribution >= 4 is 23.5 Å². The summed E-state index contributed by atoms with van der Waals surface area (Å²) in [6.45, 7) is 6.03. The lowest BCUT2D eigenvalue weighted by Crippen LogP contribution is -2.39. The number of aliphatic carboxylic acids is 1. The van der Waals surface area contributed by atoms with Crippen LogP contribution in [0.5, 0.6) is 0 Å². The van der Waals surface area contributed by atoms with Gasteiger partial charge in [-0.15, -0.1) is 0 Å². The fourth-order valence-corrected chi connectivity index (χ4v) is 2.54. The summed E-state index contributed by atoms with van der Waals surface area (Å²) in [5.41, 5.74) is 3.04.